The molecule has 34 heavy (non-hydrogen) atoms. The van der Waals surface area contributed by atoms with Gasteiger partial charge in [-0.05, 0) is 32.9 Å². The summed E-state index contributed by atoms with van der Waals surface area (Å²) in [4.78, 5) is 50.7. The zero-order valence-electron chi connectivity index (χ0n) is 18.1. The van der Waals surface area contributed by atoms with Crippen molar-refractivity contribution in [1.82, 2.24) is 4.90 Å². The summed E-state index contributed by atoms with van der Waals surface area (Å²) < 4.78 is 0. The SMILES string of the molecule is CN(C)[C@@H]1C(O)=C(C(N)=O)C(=O)[C@@]2(O)C(O)=C3C(=O)c4c(O)c(N)cc([N+](=O)[O-])c4C[C@H]3C[C@@H]12. The van der Waals surface area contributed by atoms with Gasteiger partial charge in [0.05, 0.1) is 22.2 Å². The quantitative estimate of drug-likeness (QED) is 0.109. The van der Waals surface area contributed by atoms with Gasteiger partial charge in [0.2, 0.25) is 5.78 Å². The van der Waals surface area contributed by atoms with Gasteiger partial charge in [-0.1, -0.05) is 0 Å². The van der Waals surface area contributed by atoms with Crippen LogP contribution in [0.4, 0.5) is 11.4 Å². The predicted octanol–water partition coefficient (Wildman–Crippen LogP) is -0.389. The zero-order valence-corrected chi connectivity index (χ0v) is 18.1. The lowest BCUT2D eigenvalue weighted by molar-refractivity contribution is -0.385. The number of phenolic OH excluding ortho intramolecular Hbond substituents is 1. The Labute approximate surface area is 191 Å². The van der Waals surface area contributed by atoms with Gasteiger partial charge in [0.15, 0.2) is 11.4 Å². The zero-order chi connectivity index (χ0) is 25.4. The van der Waals surface area contributed by atoms with E-state index in [1.807, 2.05) is 0 Å². The third-order valence-corrected chi connectivity index (χ3v) is 6.93. The fraction of sp³-hybridized carbons (Fsp3) is 0.381. The van der Waals surface area contributed by atoms with Crippen LogP contribution in [0.15, 0.2) is 28.7 Å². The van der Waals surface area contributed by atoms with Gasteiger partial charge >= 0.3 is 0 Å². The molecule has 0 saturated heterocycles. The smallest absolute Gasteiger partial charge is 0.275 e. The highest BCUT2D eigenvalue weighted by Gasteiger charge is 2.63. The second-order valence-corrected chi connectivity index (χ2v) is 8.91. The molecule has 180 valence electrons. The summed E-state index contributed by atoms with van der Waals surface area (Å²) in [7, 11) is 3.00. The molecule has 0 aromatic heterocycles. The summed E-state index contributed by atoms with van der Waals surface area (Å²) in [5, 5.41) is 55.3. The second kappa shape index (κ2) is 7.27. The van der Waals surface area contributed by atoms with E-state index in [0.717, 1.165) is 6.07 Å². The van der Waals surface area contributed by atoms with Crippen molar-refractivity contribution in [3.8, 4) is 5.75 Å². The summed E-state index contributed by atoms with van der Waals surface area (Å²) in [6.07, 6.45) is -0.368. The molecule has 3 aliphatic carbocycles. The van der Waals surface area contributed by atoms with Crippen LogP contribution in [0.25, 0.3) is 0 Å². The van der Waals surface area contributed by atoms with Crippen molar-refractivity contribution in [2.45, 2.75) is 24.5 Å². The van der Waals surface area contributed by atoms with E-state index in [2.05, 4.69) is 0 Å². The van der Waals surface area contributed by atoms with Gasteiger partial charge < -0.3 is 31.9 Å². The molecule has 1 aromatic carbocycles. The maximum atomic E-state index is 13.4. The first-order valence-corrected chi connectivity index (χ1v) is 10.2. The molecular weight excluding hydrogens is 452 g/mol. The number of amides is 1. The normalized spacial score (nSPS) is 28.5. The van der Waals surface area contributed by atoms with Gasteiger partial charge in [-0.15, -0.1) is 0 Å². The minimum atomic E-state index is -2.79. The topological polar surface area (TPSA) is 231 Å². The van der Waals surface area contributed by atoms with Crippen LogP contribution in [0, 0.1) is 22.0 Å². The van der Waals surface area contributed by atoms with Crippen LogP contribution in [-0.2, 0) is 16.0 Å². The number of phenols is 1. The molecule has 3 aliphatic rings. The molecule has 0 spiro atoms. The first-order chi connectivity index (χ1) is 15.7. The Hall–Kier alpha value is -3.97. The molecular formula is C21H22N4O9. The fourth-order valence-electron chi connectivity index (χ4n) is 5.48. The van der Waals surface area contributed by atoms with E-state index in [1.165, 1.54) is 19.0 Å². The van der Waals surface area contributed by atoms with E-state index in [4.69, 9.17) is 11.5 Å². The van der Waals surface area contributed by atoms with Crippen LogP contribution < -0.4 is 11.5 Å². The Kier molecular flexibility index (Phi) is 4.96. The number of aromatic hydroxyl groups is 1. The number of ketones is 2. The summed E-state index contributed by atoms with van der Waals surface area (Å²) in [6.45, 7) is 0. The number of benzene rings is 1. The molecule has 4 atom stereocenters. The highest BCUT2D eigenvalue weighted by Crippen LogP contribution is 2.53. The number of likely N-dealkylation sites (N-methyl/N-ethyl adjacent to an activating group) is 1. The van der Waals surface area contributed by atoms with Gasteiger partial charge in [0.1, 0.15) is 22.8 Å². The van der Waals surface area contributed by atoms with Crippen LogP contribution in [0.5, 0.6) is 5.75 Å². The number of nitrogens with two attached hydrogens (primary N) is 2. The molecule has 0 unspecified atom stereocenters. The Morgan fingerprint density at radius 3 is 2.41 bits per heavy atom. The van der Waals surface area contributed by atoms with Crippen molar-refractivity contribution in [2.75, 3.05) is 19.8 Å². The average molecular weight is 474 g/mol. The monoisotopic (exact) mass is 474 g/mol. The van der Waals surface area contributed by atoms with Crippen molar-refractivity contribution in [3.63, 3.8) is 0 Å². The van der Waals surface area contributed by atoms with Crippen molar-refractivity contribution < 1.29 is 39.7 Å². The van der Waals surface area contributed by atoms with Crippen LogP contribution in [0.3, 0.4) is 0 Å². The lowest BCUT2D eigenvalue weighted by Crippen LogP contribution is -2.63. The van der Waals surface area contributed by atoms with E-state index in [1.54, 1.807) is 0 Å². The number of hydrogen-bond acceptors (Lipinski definition) is 11. The molecule has 13 nitrogen and oxygen atoms in total. The third-order valence-electron chi connectivity index (χ3n) is 6.93. The number of nitro benzene ring substituents is 1. The van der Waals surface area contributed by atoms with E-state index in [0.29, 0.717) is 0 Å². The molecule has 1 aromatic rings. The number of carbonyl (C=O) groups is 3. The maximum absolute atomic E-state index is 13.4. The minimum Gasteiger partial charge on any atom is -0.510 e. The Morgan fingerprint density at radius 1 is 1.26 bits per heavy atom. The van der Waals surface area contributed by atoms with Crippen molar-refractivity contribution >= 4 is 28.8 Å². The molecule has 0 fully saturated rings. The van der Waals surface area contributed by atoms with Crippen LogP contribution >= 0.6 is 0 Å². The van der Waals surface area contributed by atoms with Crippen molar-refractivity contribution in [1.29, 1.82) is 0 Å². The highest BCUT2D eigenvalue weighted by molar-refractivity contribution is 6.25. The molecule has 8 N–H and O–H groups in total. The molecule has 1 amide bonds. The summed E-state index contributed by atoms with van der Waals surface area (Å²) in [5.41, 5.74) is 5.23. The van der Waals surface area contributed by atoms with Gasteiger partial charge in [-0.2, -0.15) is 0 Å². The molecule has 4 rings (SSSR count). The minimum absolute atomic E-state index is 0.102. The van der Waals surface area contributed by atoms with E-state index in [-0.39, 0.29) is 18.4 Å². The number of nitrogen functional groups attached to an aromatic ring is 1. The van der Waals surface area contributed by atoms with Gasteiger partial charge in [-0.3, -0.25) is 29.4 Å². The van der Waals surface area contributed by atoms with Gasteiger partial charge in [0.25, 0.3) is 11.6 Å². The van der Waals surface area contributed by atoms with Crippen molar-refractivity contribution in [2.24, 2.45) is 17.6 Å². The van der Waals surface area contributed by atoms with Gasteiger partial charge in [0, 0.05) is 23.1 Å². The number of aliphatic hydroxyl groups excluding tert-OH is 2. The third kappa shape index (κ3) is 2.77. The Bertz CT molecular complexity index is 1270. The van der Waals surface area contributed by atoms with E-state index in [9.17, 15) is 44.9 Å². The number of anilines is 1. The average Bonchev–Trinajstić information content (AvgIpc) is 2.72. The number of primary amides is 1. The molecule has 0 saturated carbocycles. The largest absolute Gasteiger partial charge is 0.510 e. The standard InChI is InChI=1S/C21H22N4O9/c1-24(2)14-8-4-6-3-7-10(25(33)34)5-9(22)15(26)12(7)16(27)11(6)18(29)21(8,32)19(30)13(17(14)28)20(23)31/h5-6,8,14,26,28-29,32H,3-4,22H2,1-2H3,(H2,23,31)/t6-,8-,14-,21-/m0/s1. The molecule has 0 bridgehead atoms. The number of aliphatic hydroxyl groups is 3. The lowest BCUT2D eigenvalue weighted by Gasteiger charge is -2.50. The molecule has 13 heteroatoms. The maximum Gasteiger partial charge on any atom is 0.275 e. The fourth-order valence-corrected chi connectivity index (χ4v) is 5.48. The number of nitro groups is 1. The number of nitrogens with zero attached hydrogens (tertiary/aromatic N) is 2. The number of carbonyl (C=O) groups excluding carboxylic acids is 3. The number of Topliss-reactive ketones (excluding diaryl/α,β-unsaturated/α-hetero) is 2. The molecule has 0 radical (unpaired) electrons. The van der Waals surface area contributed by atoms with E-state index >= 15 is 0 Å². The first kappa shape index (κ1) is 23.2. The summed E-state index contributed by atoms with van der Waals surface area (Å²) in [6, 6.07) is -0.226. The highest BCUT2D eigenvalue weighted by atomic mass is 16.6. The Morgan fingerprint density at radius 2 is 1.88 bits per heavy atom. The lowest BCUT2D eigenvalue weighted by atomic mass is 9.58. The molecule has 0 aliphatic heterocycles. The van der Waals surface area contributed by atoms with Crippen LogP contribution in [-0.4, -0.2) is 73.5 Å². The van der Waals surface area contributed by atoms with Crippen LogP contribution in [0.2, 0.25) is 0 Å². The van der Waals surface area contributed by atoms with Crippen molar-refractivity contribution in [3.05, 3.63) is 50.0 Å². The second-order valence-electron chi connectivity index (χ2n) is 8.91. The number of hydrogen-bond donors (Lipinski definition) is 6. The van der Waals surface area contributed by atoms with E-state index < -0.39 is 91.2 Å². The summed E-state index contributed by atoms with van der Waals surface area (Å²) in [5.74, 6) is -8.36. The molecule has 0 heterocycles. The van der Waals surface area contributed by atoms with Crippen LogP contribution in [0.1, 0.15) is 22.3 Å². The predicted molar refractivity (Wildman–Crippen MR) is 115 cm³/mol. The Balaban J connectivity index is 2.00. The summed E-state index contributed by atoms with van der Waals surface area (Å²) >= 11 is 0. The number of fused-ring (bicyclic) bond motifs is 3. The number of allylic oxidation sites excluding steroid dienone is 1. The first-order valence-electron chi connectivity index (χ1n) is 10.2. The van der Waals surface area contributed by atoms with Gasteiger partial charge in [-0.25, -0.2) is 0 Å². The number of rotatable bonds is 3.